The average Bonchev–Trinajstić information content (AvgIpc) is 2.32. The summed E-state index contributed by atoms with van der Waals surface area (Å²) in [6.45, 7) is 7.83. The van der Waals surface area contributed by atoms with Gasteiger partial charge in [-0.25, -0.2) is 0 Å². The van der Waals surface area contributed by atoms with Crippen molar-refractivity contribution < 1.29 is 0 Å². The van der Waals surface area contributed by atoms with Crippen LogP contribution in [0.4, 0.5) is 0 Å². The van der Waals surface area contributed by atoms with Gasteiger partial charge in [0.2, 0.25) is 0 Å². The molecule has 0 N–H and O–H groups in total. The van der Waals surface area contributed by atoms with E-state index in [0.717, 1.165) is 0 Å². The van der Waals surface area contributed by atoms with Crippen LogP contribution < -0.4 is 0 Å². The fraction of sp³-hybridized carbons (Fsp3) is 0.308. The number of hydrogen-bond acceptors (Lipinski definition) is 1. The average molecular weight is 191 g/mol. The summed E-state index contributed by atoms with van der Waals surface area (Å²) in [7, 11) is 0. The van der Waals surface area contributed by atoms with Crippen LogP contribution >= 0.6 is 0 Å². The van der Waals surface area contributed by atoms with Gasteiger partial charge in [-0.15, -0.1) is 0 Å². The van der Waals surface area contributed by atoms with Crippen LogP contribution in [-0.2, 0) is 0 Å². The zero-order valence-corrected chi connectivity index (χ0v) is 9.64. The van der Waals surface area contributed by atoms with Crippen LogP contribution in [0.5, 0.6) is 0 Å². The quantitative estimate of drug-likeness (QED) is 0.586. The van der Waals surface area contributed by atoms with Crippen molar-refractivity contribution in [3.63, 3.8) is 0 Å². The largest absolute Gasteiger partial charge is 0.270 e. The molecule has 0 saturated heterocycles. The molecule has 0 atom stereocenters. The summed E-state index contributed by atoms with van der Waals surface area (Å²) in [4.78, 5) is 3.78. The Hall–Kier alpha value is -1.37. The number of nitrogens with zero attached hydrogens (tertiary/aromatic N) is 1. The summed E-state index contributed by atoms with van der Waals surface area (Å²) in [5.74, 6) is 0. The van der Waals surface area contributed by atoms with Gasteiger partial charge in [-0.1, -0.05) is 56.3 Å². The molecule has 0 heterocycles. The second kappa shape index (κ2) is 17.6. The summed E-state index contributed by atoms with van der Waals surface area (Å²) >= 11 is 0. The Balaban J connectivity index is 0. The first kappa shape index (κ1) is 15.1. The Labute approximate surface area is 88.2 Å². The second-order valence-corrected chi connectivity index (χ2v) is 2.04. The summed E-state index contributed by atoms with van der Waals surface area (Å²) in [5, 5.41) is 0. The van der Waals surface area contributed by atoms with Gasteiger partial charge < -0.3 is 0 Å². The number of allylic oxidation sites excluding steroid dienone is 1. The Morgan fingerprint density at radius 1 is 0.786 bits per heavy atom. The molecule has 1 rings (SSSR count). The predicted octanol–water partition coefficient (Wildman–Crippen LogP) is 4.32. The molecule has 14 heavy (non-hydrogen) atoms. The summed E-state index contributed by atoms with van der Waals surface area (Å²) in [6, 6.07) is 12.0. The van der Waals surface area contributed by atoms with Crippen LogP contribution in [-0.4, -0.2) is 6.21 Å². The van der Waals surface area contributed by atoms with E-state index in [-0.39, 0.29) is 0 Å². The Morgan fingerprint density at radius 3 is 1.29 bits per heavy atom. The van der Waals surface area contributed by atoms with Crippen LogP contribution in [0, 0.1) is 0 Å². The SMILES string of the molecule is CC.CC=N/C=C\C.c1ccccc1. The Morgan fingerprint density at radius 2 is 1.14 bits per heavy atom. The zero-order valence-electron chi connectivity index (χ0n) is 9.64. The molecular formula is C13H21N. The van der Waals surface area contributed by atoms with Crippen molar-refractivity contribution in [3.8, 4) is 0 Å². The predicted molar refractivity (Wildman–Crippen MR) is 66.8 cm³/mol. The van der Waals surface area contributed by atoms with Gasteiger partial charge in [-0.2, -0.15) is 0 Å². The minimum Gasteiger partial charge on any atom is -0.270 e. The molecule has 1 heteroatoms. The Kier molecular flexibility index (Phi) is 19.1. The van der Waals surface area contributed by atoms with Gasteiger partial charge >= 0.3 is 0 Å². The number of benzene rings is 1. The smallest absolute Gasteiger partial charge is 0.0221 e. The maximum absolute atomic E-state index is 3.78. The minimum atomic E-state index is 1.75. The van der Waals surface area contributed by atoms with Crippen molar-refractivity contribution in [2.24, 2.45) is 4.99 Å². The van der Waals surface area contributed by atoms with Crippen molar-refractivity contribution in [1.29, 1.82) is 0 Å². The molecule has 0 radical (unpaired) electrons. The maximum Gasteiger partial charge on any atom is 0.0221 e. The number of hydrogen-bond donors (Lipinski definition) is 0. The van der Waals surface area contributed by atoms with E-state index < -0.39 is 0 Å². The van der Waals surface area contributed by atoms with E-state index in [1.807, 2.05) is 70.2 Å². The third-order valence-electron chi connectivity index (χ3n) is 1.05. The van der Waals surface area contributed by atoms with E-state index in [9.17, 15) is 0 Å². The molecule has 0 unspecified atom stereocenters. The molecular weight excluding hydrogens is 170 g/mol. The van der Waals surface area contributed by atoms with E-state index >= 15 is 0 Å². The fourth-order valence-electron chi connectivity index (χ4n) is 0.557. The van der Waals surface area contributed by atoms with Crippen molar-refractivity contribution in [3.05, 3.63) is 48.7 Å². The molecule has 0 saturated carbocycles. The van der Waals surface area contributed by atoms with Crippen LogP contribution in [0.15, 0.2) is 53.7 Å². The molecule has 0 aliphatic rings. The molecule has 0 amide bonds. The van der Waals surface area contributed by atoms with Crippen molar-refractivity contribution >= 4 is 6.21 Å². The van der Waals surface area contributed by atoms with Gasteiger partial charge in [-0.05, 0) is 13.8 Å². The van der Waals surface area contributed by atoms with Crippen LogP contribution in [0.2, 0.25) is 0 Å². The minimum absolute atomic E-state index is 1.75. The monoisotopic (exact) mass is 191 g/mol. The van der Waals surface area contributed by atoms with Gasteiger partial charge in [0.25, 0.3) is 0 Å². The lowest BCUT2D eigenvalue weighted by Gasteiger charge is -1.69. The van der Waals surface area contributed by atoms with E-state index in [4.69, 9.17) is 0 Å². The molecule has 1 aromatic rings. The first-order valence-corrected chi connectivity index (χ1v) is 5.00. The van der Waals surface area contributed by atoms with Gasteiger partial charge in [-0.3, -0.25) is 4.99 Å². The van der Waals surface area contributed by atoms with Crippen LogP contribution in [0.25, 0.3) is 0 Å². The molecule has 0 spiro atoms. The molecule has 0 aromatic heterocycles. The van der Waals surface area contributed by atoms with Crippen LogP contribution in [0.1, 0.15) is 27.7 Å². The van der Waals surface area contributed by atoms with Gasteiger partial charge in [0.05, 0.1) is 0 Å². The van der Waals surface area contributed by atoms with Crippen LogP contribution in [0.3, 0.4) is 0 Å². The first-order chi connectivity index (χ1) is 6.91. The lowest BCUT2D eigenvalue weighted by Crippen LogP contribution is -1.49. The van der Waals surface area contributed by atoms with E-state index in [1.165, 1.54) is 0 Å². The lowest BCUT2D eigenvalue weighted by atomic mass is 10.4. The zero-order chi connectivity index (χ0) is 11.1. The third kappa shape index (κ3) is 16.9. The van der Waals surface area contributed by atoms with Gasteiger partial charge in [0, 0.05) is 12.4 Å². The first-order valence-electron chi connectivity index (χ1n) is 5.00. The highest BCUT2D eigenvalue weighted by Gasteiger charge is 1.57. The third-order valence-corrected chi connectivity index (χ3v) is 1.05. The summed E-state index contributed by atoms with van der Waals surface area (Å²) in [6.07, 6.45) is 5.39. The molecule has 0 fully saturated rings. The lowest BCUT2D eigenvalue weighted by molar-refractivity contribution is 1.50. The van der Waals surface area contributed by atoms with E-state index in [2.05, 4.69) is 4.99 Å². The molecule has 1 nitrogen and oxygen atoms in total. The normalized spacial score (nSPS) is 8.86. The van der Waals surface area contributed by atoms with E-state index in [0.29, 0.717) is 0 Å². The van der Waals surface area contributed by atoms with Crippen molar-refractivity contribution in [1.82, 2.24) is 0 Å². The topological polar surface area (TPSA) is 12.4 Å². The fourth-order valence-corrected chi connectivity index (χ4v) is 0.557. The molecule has 78 valence electrons. The van der Waals surface area contributed by atoms with Crippen molar-refractivity contribution in [2.75, 3.05) is 0 Å². The van der Waals surface area contributed by atoms with Gasteiger partial charge in [0.15, 0.2) is 0 Å². The highest BCUT2D eigenvalue weighted by molar-refractivity contribution is 5.54. The number of rotatable bonds is 1. The molecule has 0 aliphatic carbocycles. The molecule has 0 bridgehead atoms. The molecule has 0 aliphatic heterocycles. The Bertz CT molecular complexity index is 175. The number of aliphatic imine (C=N–C) groups is 1. The highest BCUT2D eigenvalue weighted by Crippen LogP contribution is 1.79. The summed E-state index contributed by atoms with van der Waals surface area (Å²) < 4.78 is 0. The standard InChI is InChI=1S/C6H6.C5H9N.C2H6/c1-2-4-6-5-3-1;1-3-5-6-4-2;1-2/h1-6H;3-5H,1-2H3;1-2H3/b;5-3-,6-4?;. The highest BCUT2D eigenvalue weighted by atomic mass is 14.6. The summed E-state index contributed by atoms with van der Waals surface area (Å²) in [5.41, 5.74) is 0. The van der Waals surface area contributed by atoms with Gasteiger partial charge in [0.1, 0.15) is 0 Å². The van der Waals surface area contributed by atoms with E-state index in [1.54, 1.807) is 12.4 Å². The van der Waals surface area contributed by atoms with Crippen molar-refractivity contribution in [2.45, 2.75) is 27.7 Å². The second-order valence-electron chi connectivity index (χ2n) is 2.04. The maximum atomic E-state index is 3.78. The molecule has 1 aromatic carbocycles.